The minimum absolute atomic E-state index is 0.0335. The Hall–Kier alpha value is -1.63. The number of hydrogen-bond donors (Lipinski definition) is 3. The van der Waals surface area contributed by atoms with Gasteiger partial charge in [-0.15, -0.1) is 0 Å². The number of rotatable bonds is 6. The molecule has 0 radical (unpaired) electrons. The standard InChI is InChI=1S/C16H28N4O3/c1-3-8-17-15(22)12-6-9-20(10-7-12)11(2)14(21)19-16(23)18-13-4-5-13/h11-13H,3-10H2,1-2H3,(H,17,22)(H2,18,19,21,23). The first-order valence-electron chi connectivity index (χ1n) is 8.64. The van der Waals surface area contributed by atoms with E-state index in [1.54, 1.807) is 6.92 Å². The molecular formula is C16H28N4O3. The molecule has 1 atom stereocenters. The van der Waals surface area contributed by atoms with Gasteiger partial charge in [-0.05, 0) is 52.1 Å². The number of hydrogen-bond acceptors (Lipinski definition) is 4. The topological polar surface area (TPSA) is 90.5 Å². The molecule has 7 nitrogen and oxygen atoms in total. The van der Waals surface area contributed by atoms with Crippen LogP contribution in [0.2, 0.25) is 0 Å². The van der Waals surface area contributed by atoms with Crippen LogP contribution in [0.1, 0.15) is 46.0 Å². The Morgan fingerprint density at radius 1 is 1.13 bits per heavy atom. The van der Waals surface area contributed by atoms with E-state index in [-0.39, 0.29) is 29.8 Å². The molecule has 0 aromatic carbocycles. The number of piperidine rings is 1. The summed E-state index contributed by atoms with van der Waals surface area (Å²) in [4.78, 5) is 37.7. The fourth-order valence-electron chi connectivity index (χ4n) is 2.77. The van der Waals surface area contributed by atoms with Gasteiger partial charge in [0.25, 0.3) is 0 Å². The molecule has 0 aromatic heterocycles. The van der Waals surface area contributed by atoms with Crippen LogP contribution in [0.5, 0.6) is 0 Å². The van der Waals surface area contributed by atoms with Gasteiger partial charge in [-0.2, -0.15) is 0 Å². The van der Waals surface area contributed by atoms with E-state index in [0.717, 1.165) is 32.1 Å². The van der Waals surface area contributed by atoms with Crippen LogP contribution in [0.25, 0.3) is 0 Å². The molecule has 1 saturated heterocycles. The fourth-order valence-corrected chi connectivity index (χ4v) is 2.77. The maximum Gasteiger partial charge on any atom is 0.321 e. The summed E-state index contributed by atoms with van der Waals surface area (Å²) in [5.74, 6) is -0.129. The third-order valence-corrected chi connectivity index (χ3v) is 4.53. The van der Waals surface area contributed by atoms with Crippen molar-refractivity contribution in [2.45, 2.75) is 58.0 Å². The van der Waals surface area contributed by atoms with E-state index in [1.807, 2.05) is 11.8 Å². The zero-order valence-electron chi connectivity index (χ0n) is 14.1. The highest BCUT2D eigenvalue weighted by atomic mass is 16.2. The van der Waals surface area contributed by atoms with Gasteiger partial charge in [-0.1, -0.05) is 6.92 Å². The van der Waals surface area contributed by atoms with E-state index in [0.29, 0.717) is 19.6 Å². The summed E-state index contributed by atoms with van der Waals surface area (Å²) in [6, 6.07) is -0.534. The summed E-state index contributed by atoms with van der Waals surface area (Å²) in [6.45, 7) is 5.94. The van der Waals surface area contributed by atoms with Crippen LogP contribution in [0.4, 0.5) is 4.79 Å². The van der Waals surface area contributed by atoms with Crippen molar-refractivity contribution in [2.75, 3.05) is 19.6 Å². The van der Waals surface area contributed by atoms with Crippen LogP contribution in [0, 0.1) is 5.92 Å². The molecule has 2 aliphatic rings. The van der Waals surface area contributed by atoms with Crippen LogP contribution in [0.3, 0.4) is 0 Å². The van der Waals surface area contributed by atoms with Gasteiger partial charge in [0, 0.05) is 18.5 Å². The number of urea groups is 1. The van der Waals surface area contributed by atoms with Gasteiger partial charge < -0.3 is 10.6 Å². The Bertz CT molecular complexity index is 443. The average molecular weight is 324 g/mol. The van der Waals surface area contributed by atoms with Gasteiger partial charge >= 0.3 is 6.03 Å². The molecule has 1 aliphatic heterocycles. The lowest BCUT2D eigenvalue weighted by Gasteiger charge is -2.34. The maximum atomic E-state index is 12.1. The molecule has 1 unspecified atom stereocenters. The molecule has 1 aliphatic carbocycles. The average Bonchev–Trinajstić information content (AvgIpc) is 3.35. The third-order valence-electron chi connectivity index (χ3n) is 4.53. The number of likely N-dealkylation sites (tertiary alicyclic amines) is 1. The van der Waals surface area contributed by atoms with Crippen LogP contribution in [-0.2, 0) is 9.59 Å². The fraction of sp³-hybridized carbons (Fsp3) is 0.812. The first-order valence-corrected chi connectivity index (χ1v) is 8.64. The van der Waals surface area contributed by atoms with Crippen LogP contribution in [0.15, 0.2) is 0 Å². The van der Waals surface area contributed by atoms with Gasteiger partial charge in [0.15, 0.2) is 0 Å². The normalized spacial score (nSPS) is 20.6. The van der Waals surface area contributed by atoms with Crippen molar-refractivity contribution in [2.24, 2.45) is 5.92 Å². The van der Waals surface area contributed by atoms with E-state index in [9.17, 15) is 14.4 Å². The molecule has 0 bridgehead atoms. The molecule has 1 saturated carbocycles. The molecule has 2 fully saturated rings. The second kappa shape index (κ2) is 8.29. The van der Waals surface area contributed by atoms with Gasteiger partial charge in [0.1, 0.15) is 0 Å². The van der Waals surface area contributed by atoms with Crippen LogP contribution >= 0.6 is 0 Å². The summed E-state index contributed by atoms with van der Waals surface area (Å²) < 4.78 is 0. The summed E-state index contributed by atoms with van der Waals surface area (Å²) in [6.07, 6.45) is 4.42. The Kier molecular flexibility index (Phi) is 6.38. The zero-order chi connectivity index (χ0) is 16.8. The first kappa shape index (κ1) is 17.7. The van der Waals surface area contributed by atoms with Crippen molar-refractivity contribution in [3.8, 4) is 0 Å². The molecule has 0 aromatic rings. The van der Waals surface area contributed by atoms with Crippen molar-refractivity contribution in [3.63, 3.8) is 0 Å². The Labute approximate surface area is 137 Å². The zero-order valence-corrected chi connectivity index (χ0v) is 14.1. The second-order valence-electron chi connectivity index (χ2n) is 6.51. The minimum atomic E-state index is -0.404. The van der Waals surface area contributed by atoms with E-state index < -0.39 is 6.03 Å². The van der Waals surface area contributed by atoms with Gasteiger partial charge in [0.05, 0.1) is 6.04 Å². The highest BCUT2D eigenvalue weighted by Gasteiger charge is 2.31. The number of imide groups is 1. The van der Waals surface area contributed by atoms with Crippen molar-refractivity contribution in [3.05, 3.63) is 0 Å². The molecule has 4 amide bonds. The number of nitrogens with zero attached hydrogens (tertiary/aromatic N) is 1. The number of amides is 4. The molecule has 130 valence electrons. The molecule has 2 rings (SSSR count). The lowest BCUT2D eigenvalue weighted by molar-refractivity contribution is -0.128. The van der Waals surface area contributed by atoms with E-state index in [4.69, 9.17) is 0 Å². The van der Waals surface area contributed by atoms with Crippen LogP contribution in [-0.4, -0.2) is 54.5 Å². The largest absolute Gasteiger partial charge is 0.356 e. The molecular weight excluding hydrogens is 296 g/mol. The number of carbonyl (C=O) groups excluding carboxylic acids is 3. The van der Waals surface area contributed by atoms with E-state index >= 15 is 0 Å². The van der Waals surface area contributed by atoms with Crippen molar-refractivity contribution >= 4 is 17.8 Å². The van der Waals surface area contributed by atoms with Gasteiger partial charge in [0.2, 0.25) is 11.8 Å². The second-order valence-corrected chi connectivity index (χ2v) is 6.51. The third kappa shape index (κ3) is 5.49. The summed E-state index contributed by atoms with van der Waals surface area (Å²) in [7, 11) is 0. The highest BCUT2D eigenvalue weighted by molar-refractivity contribution is 5.97. The summed E-state index contributed by atoms with van der Waals surface area (Å²) >= 11 is 0. The van der Waals surface area contributed by atoms with Gasteiger partial charge in [-0.25, -0.2) is 4.79 Å². The number of carbonyl (C=O) groups is 3. The molecule has 1 heterocycles. The first-order chi connectivity index (χ1) is 11.0. The summed E-state index contributed by atoms with van der Waals surface area (Å²) in [5.41, 5.74) is 0. The molecule has 23 heavy (non-hydrogen) atoms. The summed E-state index contributed by atoms with van der Waals surface area (Å²) in [5, 5.41) is 8.07. The SMILES string of the molecule is CCCNC(=O)C1CCN(C(C)C(=O)NC(=O)NC2CC2)CC1. The van der Waals surface area contributed by atoms with Gasteiger partial charge in [-0.3, -0.25) is 19.8 Å². The van der Waals surface area contributed by atoms with Crippen LogP contribution < -0.4 is 16.0 Å². The quantitative estimate of drug-likeness (QED) is 0.667. The lowest BCUT2D eigenvalue weighted by atomic mass is 9.95. The maximum absolute atomic E-state index is 12.1. The highest BCUT2D eigenvalue weighted by Crippen LogP contribution is 2.20. The van der Waals surface area contributed by atoms with Crippen molar-refractivity contribution in [1.82, 2.24) is 20.9 Å². The Balaban J connectivity index is 1.71. The smallest absolute Gasteiger partial charge is 0.321 e. The predicted octanol–water partition coefficient (Wildman–Crippen LogP) is 0.601. The van der Waals surface area contributed by atoms with Crippen molar-refractivity contribution < 1.29 is 14.4 Å². The molecule has 0 spiro atoms. The number of nitrogens with one attached hydrogen (secondary N) is 3. The minimum Gasteiger partial charge on any atom is -0.356 e. The van der Waals surface area contributed by atoms with Crippen molar-refractivity contribution in [1.29, 1.82) is 0 Å². The van der Waals surface area contributed by atoms with E-state index in [1.165, 1.54) is 0 Å². The Morgan fingerprint density at radius 3 is 2.35 bits per heavy atom. The molecule has 7 heteroatoms. The monoisotopic (exact) mass is 324 g/mol. The Morgan fingerprint density at radius 2 is 1.78 bits per heavy atom. The van der Waals surface area contributed by atoms with E-state index in [2.05, 4.69) is 16.0 Å². The predicted molar refractivity (Wildman–Crippen MR) is 86.8 cm³/mol. The molecule has 3 N–H and O–H groups in total. The lowest BCUT2D eigenvalue weighted by Crippen LogP contribution is -2.52.